The number of pyridine rings is 1. The van der Waals surface area contributed by atoms with Gasteiger partial charge in [0.1, 0.15) is 11.6 Å². The quantitative estimate of drug-likeness (QED) is 0.799. The fraction of sp³-hybridized carbons (Fsp3) is 0.312. The molecule has 21 heavy (non-hydrogen) atoms. The monoisotopic (exact) mass is 308 g/mol. The number of halogens is 2. The first-order chi connectivity index (χ1) is 10.1. The predicted molar refractivity (Wildman–Crippen MR) is 82.5 cm³/mol. The van der Waals surface area contributed by atoms with E-state index in [4.69, 9.17) is 16.3 Å². The van der Waals surface area contributed by atoms with E-state index in [1.807, 2.05) is 0 Å². The van der Waals surface area contributed by atoms with E-state index in [2.05, 4.69) is 17.2 Å². The van der Waals surface area contributed by atoms with Crippen molar-refractivity contribution in [3.63, 3.8) is 0 Å². The fourth-order valence-corrected chi connectivity index (χ4v) is 1.96. The molecule has 2 aromatic rings. The molecule has 0 aliphatic carbocycles. The van der Waals surface area contributed by atoms with Crippen LogP contribution in [0.25, 0.3) is 0 Å². The normalized spacial score (nSPS) is 10.7. The highest BCUT2D eigenvalue weighted by Crippen LogP contribution is 2.24. The molecule has 112 valence electrons. The molecule has 0 aliphatic rings. The summed E-state index contributed by atoms with van der Waals surface area (Å²) in [5.41, 5.74) is 1.30. The van der Waals surface area contributed by atoms with Gasteiger partial charge >= 0.3 is 0 Å². The molecule has 0 bridgehead atoms. The Labute approximate surface area is 129 Å². The van der Waals surface area contributed by atoms with Gasteiger partial charge in [-0.2, -0.15) is 0 Å². The van der Waals surface area contributed by atoms with E-state index in [0.717, 1.165) is 18.7 Å². The van der Waals surface area contributed by atoms with Gasteiger partial charge in [-0.1, -0.05) is 24.6 Å². The lowest BCUT2D eigenvalue weighted by Gasteiger charge is -2.09. The zero-order chi connectivity index (χ0) is 15.2. The molecule has 0 spiro atoms. The third kappa shape index (κ3) is 4.41. The topological polar surface area (TPSA) is 34.2 Å². The average molecular weight is 309 g/mol. The molecular weight excluding hydrogens is 291 g/mol. The molecule has 1 heterocycles. The lowest BCUT2D eigenvalue weighted by molar-refractivity contribution is 0.454. The van der Waals surface area contributed by atoms with Crippen molar-refractivity contribution in [3.05, 3.63) is 52.4 Å². The Kier molecular flexibility index (Phi) is 5.53. The Morgan fingerprint density at radius 2 is 2.10 bits per heavy atom. The number of aromatic nitrogens is 1. The maximum Gasteiger partial charge on any atom is 0.219 e. The maximum atomic E-state index is 13.5. The molecular formula is C16H18ClFN2O. The molecule has 0 saturated heterocycles. The standard InChI is InChI=1S/C16H18ClFN2O/c1-3-8-19-10-15-13(17)6-7-16(20-15)21-12-5-4-11(2)14(18)9-12/h4-7,9,19H,3,8,10H2,1-2H3. The first-order valence-corrected chi connectivity index (χ1v) is 7.28. The molecule has 0 fully saturated rings. The zero-order valence-electron chi connectivity index (χ0n) is 12.1. The molecule has 0 aliphatic heterocycles. The van der Waals surface area contributed by atoms with Crippen molar-refractivity contribution in [3.8, 4) is 11.6 Å². The van der Waals surface area contributed by atoms with Crippen LogP contribution in [-0.2, 0) is 6.54 Å². The van der Waals surface area contributed by atoms with Gasteiger partial charge in [0.15, 0.2) is 0 Å². The maximum absolute atomic E-state index is 13.5. The number of nitrogens with zero attached hydrogens (tertiary/aromatic N) is 1. The van der Waals surface area contributed by atoms with Gasteiger partial charge in [0.25, 0.3) is 0 Å². The SMILES string of the molecule is CCCNCc1nc(Oc2ccc(C)c(F)c2)ccc1Cl. The van der Waals surface area contributed by atoms with E-state index in [1.54, 1.807) is 31.2 Å². The van der Waals surface area contributed by atoms with Crippen molar-refractivity contribution in [2.24, 2.45) is 0 Å². The number of ether oxygens (including phenoxy) is 1. The largest absolute Gasteiger partial charge is 0.439 e. The van der Waals surface area contributed by atoms with E-state index in [0.29, 0.717) is 28.8 Å². The number of hydrogen-bond acceptors (Lipinski definition) is 3. The Balaban J connectivity index is 2.12. The van der Waals surface area contributed by atoms with Crippen LogP contribution in [0.1, 0.15) is 24.6 Å². The highest BCUT2D eigenvalue weighted by Gasteiger charge is 2.07. The second kappa shape index (κ2) is 7.38. The van der Waals surface area contributed by atoms with Gasteiger partial charge in [-0.05, 0) is 37.6 Å². The Morgan fingerprint density at radius 1 is 1.29 bits per heavy atom. The summed E-state index contributed by atoms with van der Waals surface area (Å²) in [4.78, 5) is 4.35. The Hall–Kier alpha value is -1.65. The highest BCUT2D eigenvalue weighted by molar-refractivity contribution is 6.31. The van der Waals surface area contributed by atoms with Crippen LogP contribution in [0.5, 0.6) is 11.6 Å². The number of rotatable bonds is 6. The average Bonchev–Trinajstić information content (AvgIpc) is 2.46. The van der Waals surface area contributed by atoms with Crippen LogP contribution >= 0.6 is 11.6 Å². The Bertz CT molecular complexity index is 619. The molecule has 0 radical (unpaired) electrons. The molecule has 2 rings (SSSR count). The van der Waals surface area contributed by atoms with E-state index < -0.39 is 0 Å². The minimum absolute atomic E-state index is 0.300. The summed E-state index contributed by atoms with van der Waals surface area (Å²) < 4.78 is 19.1. The number of benzene rings is 1. The molecule has 0 unspecified atom stereocenters. The van der Waals surface area contributed by atoms with Gasteiger partial charge < -0.3 is 10.1 Å². The van der Waals surface area contributed by atoms with Crippen LogP contribution < -0.4 is 10.1 Å². The summed E-state index contributed by atoms with van der Waals surface area (Å²) in [5, 5.41) is 3.82. The molecule has 1 aromatic heterocycles. The summed E-state index contributed by atoms with van der Waals surface area (Å²) >= 11 is 6.11. The fourth-order valence-electron chi connectivity index (χ4n) is 1.79. The summed E-state index contributed by atoms with van der Waals surface area (Å²) in [6.45, 7) is 5.27. The van der Waals surface area contributed by atoms with Crippen molar-refractivity contribution in [2.75, 3.05) is 6.54 Å². The van der Waals surface area contributed by atoms with Gasteiger partial charge in [0, 0.05) is 18.7 Å². The molecule has 5 heteroatoms. The van der Waals surface area contributed by atoms with Crippen molar-refractivity contribution < 1.29 is 9.13 Å². The van der Waals surface area contributed by atoms with E-state index in [9.17, 15) is 4.39 Å². The van der Waals surface area contributed by atoms with Gasteiger partial charge in [0.2, 0.25) is 5.88 Å². The van der Waals surface area contributed by atoms with Gasteiger partial charge in [-0.3, -0.25) is 0 Å². The van der Waals surface area contributed by atoms with E-state index in [-0.39, 0.29) is 5.82 Å². The lowest BCUT2D eigenvalue weighted by Crippen LogP contribution is -2.15. The predicted octanol–water partition coefficient (Wildman–Crippen LogP) is 4.47. The van der Waals surface area contributed by atoms with Crippen LogP contribution in [0.3, 0.4) is 0 Å². The van der Waals surface area contributed by atoms with Crippen molar-refractivity contribution in [1.29, 1.82) is 0 Å². The molecule has 0 atom stereocenters. The van der Waals surface area contributed by atoms with Gasteiger partial charge in [0.05, 0.1) is 10.7 Å². The van der Waals surface area contributed by atoms with Crippen LogP contribution in [0.4, 0.5) is 4.39 Å². The van der Waals surface area contributed by atoms with Crippen LogP contribution in [0.15, 0.2) is 30.3 Å². The summed E-state index contributed by atoms with van der Waals surface area (Å²) in [6, 6.07) is 8.13. The zero-order valence-corrected chi connectivity index (χ0v) is 12.9. The molecule has 1 N–H and O–H groups in total. The Morgan fingerprint density at radius 3 is 2.81 bits per heavy atom. The molecule has 0 amide bonds. The third-order valence-corrected chi connectivity index (χ3v) is 3.32. The van der Waals surface area contributed by atoms with Gasteiger partial charge in [-0.15, -0.1) is 0 Å². The molecule has 3 nitrogen and oxygen atoms in total. The molecule has 0 saturated carbocycles. The number of nitrogens with one attached hydrogen (secondary N) is 1. The van der Waals surface area contributed by atoms with Crippen LogP contribution in [-0.4, -0.2) is 11.5 Å². The highest BCUT2D eigenvalue weighted by atomic mass is 35.5. The number of hydrogen-bond donors (Lipinski definition) is 1. The smallest absolute Gasteiger partial charge is 0.219 e. The second-order valence-electron chi connectivity index (χ2n) is 4.77. The first-order valence-electron chi connectivity index (χ1n) is 6.90. The summed E-state index contributed by atoms with van der Waals surface area (Å²) in [5.74, 6) is 0.516. The summed E-state index contributed by atoms with van der Waals surface area (Å²) in [6.07, 6.45) is 1.04. The van der Waals surface area contributed by atoms with Crippen LogP contribution in [0, 0.1) is 12.7 Å². The lowest BCUT2D eigenvalue weighted by atomic mass is 10.2. The van der Waals surface area contributed by atoms with Gasteiger partial charge in [-0.25, -0.2) is 9.37 Å². The minimum atomic E-state index is -0.300. The van der Waals surface area contributed by atoms with Crippen molar-refractivity contribution in [1.82, 2.24) is 10.3 Å². The minimum Gasteiger partial charge on any atom is -0.439 e. The van der Waals surface area contributed by atoms with Crippen LogP contribution in [0.2, 0.25) is 5.02 Å². The summed E-state index contributed by atoms with van der Waals surface area (Å²) in [7, 11) is 0. The van der Waals surface area contributed by atoms with Crippen molar-refractivity contribution >= 4 is 11.6 Å². The third-order valence-electron chi connectivity index (χ3n) is 2.98. The van der Waals surface area contributed by atoms with E-state index >= 15 is 0 Å². The van der Waals surface area contributed by atoms with E-state index in [1.165, 1.54) is 6.07 Å². The van der Waals surface area contributed by atoms with Crippen molar-refractivity contribution in [2.45, 2.75) is 26.8 Å². The second-order valence-corrected chi connectivity index (χ2v) is 5.18. The number of aryl methyl sites for hydroxylation is 1. The first kappa shape index (κ1) is 15.7. The molecule has 1 aromatic carbocycles.